The summed E-state index contributed by atoms with van der Waals surface area (Å²) < 4.78 is 0. The SMILES string of the molecule is CC1CCC(C(C)C)C(C2(C(=O)C(=O)O)C=CC=CC2)C1. The van der Waals surface area contributed by atoms with Gasteiger partial charge in [0.15, 0.2) is 0 Å². The van der Waals surface area contributed by atoms with Gasteiger partial charge in [-0.3, -0.25) is 4.79 Å². The van der Waals surface area contributed by atoms with Crippen molar-refractivity contribution in [3.8, 4) is 0 Å². The molecule has 0 radical (unpaired) electrons. The first-order valence-electron chi connectivity index (χ1n) is 8.00. The summed E-state index contributed by atoms with van der Waals surface area (Å²) in [5, 5.41) is 9.31. The Bertz CT molecular complexity index is 475. The highest BCUT2D eigenvalue weighted by molar-refractivity contribution is 6.35. The highest BCUT2D eigenvalue weighted by atomic mass is 16.4. The molecule has 21 heavy (non-hydrogen) atoms. The van der Waals surface area contributed by atoms with Crippen molar-refractivity contribution >= 4 is 11.8 Å². The molecule has 3 nitrogen and oxygen atoms in total. The summed E-state index contributed by atoms with van der Waals surface area (Å²) >= 11 is 0. The van der Waals surface area contributed by atoms with Gasteiger partial charge in [-0.1, -0.05) is 51.5 Å². The van der Waals surface area contributed by atoms with E-state index in [4.69, 9.17) is 0 Å². The molecule has 0 saturated heterocycles. The topological polar surface area (TPSA) is 54.4 Å². The van der Waals surface area contributed by atoms with Crippen molar-refractivity contribution in [2.24, 2.45) is 29.1 Å². The molecule has 0 aliphatic heterocycles. The van der Waals surface area contributed by atoms with Crippen LogP contribution in [0.3, 0.4) is 0 Å². The summed E-state index contributed by atoms with van der Waals surface area (Å²) in [5.74, 6) is -0.349. The van der Waals surface area contributed by atoms with Gasteiger partial charge in [0, 0.05) is 0 Å². The zero-order chi connectivity index (χ0) is 15.6. The van der Waals surface area contributed by atoms with Crippen LogP contribution < -0.4 is 0 Å². The Morgan fingerprint density at radius 3 is 2.48 bits per heavy atom. The molecule has 0 aromatic carbocycles. The predicted octanol–water partition coefficient (Wildman–Crippen LogP) is 3.85. The molecule has 1 fully saturated rings. The largest absolute Gasteiger partial charge is 0.475 e. The Morgan fingerprint density at radius 2 is 1.95 bits per heavy atom. The fourth-order valence-corrected chi connectivity index (χ4v) is 4.24. The van der Waals surface area contributed by atoms with Crippen molar-refractivity contribution in [2.45, 2.75) is 46.5 Å². The zero-order valence-corrected chi connectivity index (χ0v) is 13.2. The van der Waals surface area contributed by atoms with Gasteiger partial charge in [-0.15, -0.1) is 0 Å². The molecule has 0 heterocycles. The summed E-state index contributed by atoms with van der Waals surface area (Å²) in [5.41, 5.74) is -0.843. The molecule has 1 saturated carbocycles. The van der Waals surface area contributed by atoms with E-state index in [2.05, 4.69) is 20.8 Å². The van der Waals surface area contributed by atoms with Crippen LogP contribution in [0.1, 0.15) is 46.5 Å². The van der Waals surface area contributed by atoms with Crippen LogP contribution in [-0.2, 0) is 9.59 Å². The average Bonchev–Trinajstić information content (AvgIpc) is 2.46. The fraction of sp³-hybridized carbons (Fsp3) is 0.667. The van der Waals surface area contributed by atoms with Gasteiger partial charge in [0.25, 0.3) is 0 Å². The van der Waals surface area contributed by atoms with Crippen LogP contribution in [-0.4, -0.2) is 16.9 Å². The molecule has 2 aliphatic rings. The molecule has 0 amide bonds. The number of hydrogen-bond acceptors (Lipinski definition) is 2. The lowest BCUT2D eigenvalue weighted by atomic mass is 9.56. The summed E-state index contributed by atoms with van der Waals surface area (Å²) in [6, 6.07) is 0. The lowest BCUT2D eigenvalue weighted by Gasteiger charge is -2.47. The third-order valence-electron chi connectivity index (χ3n) is 5.40. The van der Waals surface area contributed by atoms with E-state index in [0.29, 0.717) is 24.2 Å². The van der Waals surface area contributed by atoms with E-state index in [1.807, 2.05) is 24.3 Å². The first-order chi connectivity index (χ1) is 9.88. The van der Waals surface area contributed by atoms with Crippen molar-refractivity contribution in [1.82, 2.24) is 0 Å². The first kappa shape index (κ1) is 16.0. The Balaban J connectivity index is 2.43. The highest BCUT2D eigenvalue weighted by Gasteiger charge is 2.50. The van der Waals surface area contributed by atoms with E-state index in [1.54, 1.807) is 0 Å². The minimum atomic E-state index is -1.30. The fourth-order valence-electron chi connectivity index (χ4n) is 4.24. The third kappa shape index (κ3) is 2.97. The van der Waals surface area contributed by atoms with Crippen LogP contribution in [0.5, 0.6) is 0 Å². The van der Waals surface area contributed by atoms with Gasteiger partial charge >= 0.3 is 5.97 Å². The van der Waals surface area contributed by atoms with Crippen LogP contribution in [0.15, 0.2) is 24.3 Å². The molecule has 3 heteroatoms. The Labute approximate surface area is 127 Å². The number of allylic oxidation sites excluding steroid dienone is 4. The van der Waals surface area contributed by atoms with Crippen molar-refractivity contribution in [3.05, 3.63) is 24.3 Å². The Kier molecular flexibility index (Phi) is 4.70. The number of carboxylic acid groups (broad SMARTS) is 1. The van der Waals surface area contributed by atoms with E-state index in [9.17, 15) is 14.7 Å². The summed E-state index contributed by atoms with van der Waals surface area (Å²) in [4.78, 5) is 23.9. The molecule has 116 valence electrons. The molecule has 0 bridgehead atoms. The zero-order valence-electron chi connectivity index (χ0n) is 13.2. The smallest absolute Gasteiger partial charge is 0.373 e. The molecule has 0 aromatic heterocycles. The number of Topliss-reactive ketones (excluding diaryl/α,β-unsaturated/α-hetero) is 1. The average molecular weight is 290 g/mol. The second kappa shape index (κ2) is 6.17. The molecule has 0 aromatic rings. The van der Waals surface area contributed by atoms with Gasteiger partial charge in [-0.05, 0) is 42.9 Å². The number of rotatable bonds is 4. The minimum absolute atomic E-state index is 0.131. The molecule has 2 rings (SSSR count). The van der Waals surface area contributed by atoms with Gasteiger partial charge in [-0.2, -0.15) is 0 Å². The molecular weight excluding hydrogens is 264 g/mol. The number of carboxylic acids is 1. The second-order valence-electron chi connectivity index (χ2n) is 7.10. The molecule has 4 unspecified atom stereocenters. The maximum atomic E-state index is 12.5. The Hall–Kier alpha value is -1.38. The standard InChI is InChI=1S/C18H26O3/c1-12(2)14-8-7-13(3)11-15(14)18(16(19)17(20)21)9-5-4-6-10-18/h4-6,9,12-15H,7-8,10-11H2,1-3H3,(H,20,21). The number of carbonyl (C=O) groups is 2. The van der Waals surface area contributed by atoms with E-state index in [1.165, 1.54) is 6.42 Å². The molecule has 2 aliphatic carbocycles. The lowest BCUT2D eigenvalue weighted by Crippen LogP contribution is -2.47. The first-order valence-corrected chi connectivity index (χ1v) is 8.00. The summed E-state index contributed by atoms with van der Waals surface area (Å²) in [6.07, 6.45) is 11.3. The molecule has 1 N–H and O–H groups in total. The third-order valence-corrected chi connectivity index (χ3v) is 5.40. The lowest BCUT2D eigenvalue weighted by molar-refractivity contribution is -0.156. The number of ketones is 1. The van der Waals surface area contributed by atoms with Crippen molar-refractivity contribution in [3.63, 3.8) is 0 Å². The quantitative estimate of drug-likeness (QED) is 0.800. The maximum absolute atomic E-state index is 12.5. The molecule has 0 spiro atoms. The van der Waals surface area contributed by atoms with Gasteiger partial charge in [-0.25, -0.2) is 4.79 Å². The van der Waals surface area contributed by atoms with Crippen LogP contribution in [0.4, 0.5) is 0 Å². The monoisotopic (exact) mass is 290 g/mol. The Morgan fingerprint density at radius 1 is 1.24 bits per heavy atom. The van der Waals surface area contributed by atoms with Gasteiger partial charge in [0.2, 0.25) is 5.78 Å². The van der Waals surface area contributed by atoms with Crippen LogP contribution in [0.25, 0.3) is 0 Å². The predicted molar refractivity (Wildman–Crippen MR) is 82.8 cm³/mol. The normalized spacial score (nSPS) is 35.9. The summed E-state index contributed by atoms with van der Waals surface area (Å²) in [6.45, 7) is 6.59. The van der Waals surface area contributed by atoms with E-state index in [0.717, 1.165) is 12.8 Å². The van der Waals surface area contributed by atoms with Crippen LogP contribution >= 0.6 is 0 Å². The van der Waals surface area contributed by atoms with Crippen molar-refractivity contribution in [1.29, 1.82) is 0 Å². The second-order valence-corrected chi connectivity index (χ2v) is 7.10. The van der Waals surface area contributed by atoms with Crippen molar-refractivity contribution in [2.75, 3.05) is 0 Å². The van der Waals surface area contributed by atoms with Crippen LogP contribution in [0.2, 0.25) is 0 Å². The number of carbonyl (C=O) groups excluding carboxylic acids is 1. The van der Waals surface area contributed by atoms with E-state index >= 15 is 0 Å². The molecule has 4 atom stereocenters. The van der Waals surface area contributed by atoms with E-state index < -0.39 is 17.2 Å². The van der Waals surface area contributed by atoms with Crippen LogP contribution in [0, 0.1) is 29.1 Å². The van der Waals surface area contributed by atoms with Gasteiger partial charge in [0.05, 0.1) is 5.41 Å². The molecular formula is C18H26O3. The van der Waals surface area contributed by atoms with Gasteiger partial charge in [0.1, 0.15) is 0 Å². The minimum Gasteiger partial charge on any atom is -0.475 e. The summed E-state index contributed by atoms with van der Waals surface area (Å²) in [7, 11) is 0. The van der Waals surface area contributed by atoms with Gasteiger partial charge < -0.3 is 5.11 Å². The maximum Gasteiger partial charge on any atom is 0.373 e. The highest BCUT2D eigenvalue weighted by Crippen LogP contribution is 2.51. The van der Waals surface area contributed by atoms with E-state index in [-0.39, 0.29) is 5.92 Å². The number of aliphatic carboxylic acids is 1. The van der Waals surface area contributed by atoms with Crippen molar-refractivity contribution < 1.29 is 14.7 Å². The number of hydrogen-bond donors (Lipinski definition) is 1.